The predicted molar refractivity (Wildman–Crippen MR) is 123 cm³/mol. The number of hydrogen-bond donors (Lipinski definition) is 2. The number of anilines is 1. The minimum Gasteiger partial charge on any atom is -0.354 e. The molecule has 0 saturated heterocycles. The molecule has 4 aromatic rings. The van der Waals surface area contributed by atoms with Crippen molar-refractivity contribution in [3.8, 4) is 0 Å². The van der Waals surface area contributed by atoms with Crippen molar-refractivity contribution >= 4 is 36.8 Å². The molecule has 2 heterocycles. The van der Waals surface area contributed by atoms with E-state index in [9.17, 15) is 21.2 Å². The standard InChI is InChI=1S/C21H20FN5O5S2/c1-3-33(28,29)23-12-16-8-9-27(24-16)13-15-10-14(2)20-18(11-15)32-25-21(20)26-34(30,31)19-7-5-4-6-17(19)22/h3-11,23H,1,12-13H2,2H3,(H,25,26). The molecule has 0 fully saturated rings. The molecule has 0 unspecified atom stereocenters. The van der Waals surface area contributed by atoms with Gasteiger partial charge in [0.15, 0.2) is 11.4 Å². The van der Waals surface area contributed by atoms with Crippen LogP contribution in [0.3, 0.4) is 0 Å². The number of hydrogen-bond acceptors (Lipinski definition) is 7. The summed E-state index contributed by atoms with van der Waals surface area (Å²) in [6.07, 6.45) is 1.70. The molecule has 0 bridgehead atoms. The van der Waals surface area contributed by atoms with E-state index in [0.29, 0.717) is 28.8 Å². The lowest BCUT2D eigenvalue weighted by molar-refractivity contribution is 0.459. The van der Waals surface area contributed by atoms with Crippen LogP contribution in [0.15, 0.2) is 70.1 Å². The summed E-state index contributed by atoms with van der Waals surface area (Å²) in [5.74, 6) is -0.920. The summed E-state index contributed by atoms with van der Waals surface area (Å²) in [7, 11) is -7.77. The van der Waals surface area contributed by atoms with Gasteiger partial charge in [-0.3, -0.25) is 9.40 Å². The molecule has 0 atom stereocenters. The topological polar surface area (TPSA) is 136 Å². The quantitative estimate of drug-likeness (QED) is 0.357. The van der Waals surface area contributed by atoms with Crippen LogP contribution in [0.4, 0.5) is 10.2 Å². The third-order valence-electron chi connectivity index (χ3n) is 4.90. The molecule has 0 aliphatic rings. The molecule has 10 nitrogen and oxygen atoms in total. The average molecular weight is 506 g/mol. The predicted octanol–water partition coefficient (Wildman–Crippen LogP) is 2.88. The number of benzene rings is 2. The smallest absolute Gasteiger partial charge is 0.266 e. The highest BCUT2D eigenvalue weighted by Crippen LogP contribution is 2.30. The molecule has 34 heavy (non-hydrogen) atoms. The molecular formula is C21H20FN5O5S2. The highest BCUT2D eigenvalue weighted by Gasteiger charge is 2.22. The summed E-state index contributed by atoms with van der Waals surface area (Å²) in [5, 5.41) is 9.42. The Labute approximate surface area is 195 Å². The fourth-order valence-corrected chi connectivity index (χ4v) is 4.91. The number of nitrogens with one attached hydrogen (secondary N) is 2. The summed E-state index contributed by atoms with van der Waals surface area (Å²) >= 11 is 0. The number of aryl methyl sites for hydroxylation is 1. The summed E-state index contributed by atoms with van der Waals surface area (Å²) < 4.78 is 73.8. The van der Waals surface area contributed by atoms with Crippen LogP contribution in [0.25, 0.3) is 11.0 Å². The van der Waals surface area contributed by atoms with Crippen LogP contribution in [-0.4, -0.2) is 31.8 Å². The minimum absolute atomic E-state index is 0.0209. The Bertz CT molecular complexity index is 1590. The van der Waals surface area contributed by atoms with E-state index in [1.807, 2.05) is 6.07 Å². The van der Waals surface area contributed by atoms with Gasteiger partial charge < -0.3 is 4.52 Å². The summed E-state index contributed by atoms with van der Waals surface area (Å²) in [6, 6.07) is 10.2. The first-order valence-corrected chi connectivity index (χ1v) is 12.9. The van der Waals surface area contributed by atoms with Crippen molar-refractivity contribution in [3.05, 3.63) is 83.3 Å². The van der Waals surface area contributed by atoms with E-state index in [4.69, 9.17) is 4.52 Å². The van der Waals surface area contributed by atoms with E-state index in [1.54, 1.807) is 29.9 Å². The molecule has 0 amide bonds. The molecule has 0 aliphatic heterocycles. The fourth-order valence-electron chi connectivity index (χ4n) is 3.36. The fraction of sp³-hybridized carbons (Fsp3) is 0.143. The van der Waals surface area contributed by atoms with Gasteiger partial charge in [-0.05, 0) is 42.3 Å². The van der Waals surface area contributed by atoms with E-state index in [0.717, 1.165) is 23.1 Å². The Hall–Kier alpha value is -3.55. The van der Waals surface area contributed by atoms with Gasteiger partial charge in [0.2, 0.25) is 10.0 Å². The van der Waals surface area contributed by atoms with Crippen LogP contribution in [0, 0.1) is 12.7 Å². The normalized spacial score (nSPS) is 12.2. The number of sulfonamides is 2. The van der Waals surface area contributed by atoms with Crippen LogP contribution in [0.2, 0.25) is 0 Å². The monoisotopic (exact) mass is 505 g/mol. The number of rotatable bonds is 9. The van der Waals surface area contributed by atoms with Crippen LogP contribution in [0.5, 0.6) is 0 Å². The number of halogens is 1. The van der Waals surface area contributed by atoms with E-state index < -0.39 is 30.8 Å². The van der Waals surface area contributed by atoms with Crippen molar-refractivity contribution in [2.75, 3.05) is 4.72 Å². The lowest BCUT2D eigenvalue weighted by Crippen LogP contribution is -2.20. The summed E-state index contributed by atoms with van der Waals surface area (Å²) in [4.78, 5) is -0.495. The van der Waals surface area contributed by atoms with Gasteiger partial charge in [-0.2, -0.15) is 5.10 Å². The van der Waals surface area contributed by atoms with Crippen molar-refractivity contribution in [3.63, 3.8) is 0 Å². The van der Waals surface area contributed by atoms with Crippen molar-refractivity contribution in [1.29, 1.82) is 0 Å². The third kappa shape index (κ3) is 5.00. The lowest BCUT2D eigenvalue weighted by atomic mass is 10.1. The SMILES string of the molecule is C=CS(=O)(=O)NCc1ccn(Cc2cc(C)c3c(NS(=O)(=O)c4ccccc4F)noc3c2)n1. The van der Waals surface area contributed by atoms with E-state index in [-0.39, 0.29) is 12.4 Å². The van der Waals surface area contributed by atoms with Gasteiger partial charge in [0, 0.05) is 11.6 Å². The molecule has 2 N–H and O–H groups in total. The van der Waals surface area contributed by atoms with Gasteiger partial charge in [0.05, 0.1) is 24.2 Å². The average Bonchev–Trinajstić information content (AvgIpc) is 3.39. The van der Waals surface area contributed by atoms with Crippen molar-refractivity contribution < 1.29 is 25.7 Å². The molecule has 2 aromatic carbocycles. The molecule has 0 spiro atoms. The maximum Gasteiger partial charge on any atom is 0.266 e. The second-order valence-electron chi connectivity index (χ2n) is 7.39. The summed E-state index contributed by atoms with van der Waals surface area (Å²) in [5.41, 5.74) is 2.34. The maximum absolute atomic E-state index is 14.0. The first kappa shape index (κ1) is 23.6. The first-order valence-electron chi connectivity index (χ1n) is 9.89. The number of fused-ring (bicyclic) bond motifs is 1. The van der Waals surface area contributed by atoms with Crippen molar-refractivity contribution in [1.82, 2.24) is 19.7 Å². The minimum atomic E-state index is -4.21. The van der Waals surface area contributed by atoms with Gasteiger partial charge in [-0.25, -0.2) is 25.9 Å². The van der Waals surface area contributed by atoms with Crippen molar-refractivity contribution in [2.24, 2.45) is 0 Å². The molecule has 178 valence electrons. The first-order chi connectivity index (χ1) is 16.1. The molecule has 0 saturated carbocycles. The molecular weight excluding hydrogens is 485 g/mol. The van der Waals surface area contributed by atoms with Crippen molar-refractivity contribution in [2.45, 2.75) is 24.9 Å². The molecule has 0 radical (unpaired) electrons. The second kappa shape index (κ2) is 9.00. The Balaban J connectivity index is 1.55. The van der Waals surface area contributed by atoms with E-state index >= 15 is 0 Å². The van der Waals surface area contributed by atoms with Crippen LogP contribution in [-0.2, 0) is 33.1 Å². The van der Waals surface area contributed by atoms with Gasteiger partial charge in [-0.1, -0.05) is 29.9 Å². The Morgan fingerprint density at radius 1 is 1.18 bits per heavy atom. The van der Waals surface area contributed by atoms with Gasteiger partial charge in [0.25, 0.3) is 10.0 Å². The molecule has 0 aliphatic carbocycles. The Morgan fingerprint density at radius 3 is 2.68 bits per heavy atom. The highest BCUT2D eigenvalue weighted by atomic mass is 32.2. The number of nitrogens with zero attached hydrogens (tertiary/aromatic N) is 3. The lowest BCUT2D eigenvalue weighted by Gasteiger charge is -2.08. The molecule has 2 aromatic heterocycles. The largest absolute Gasteiger partial charge is 0.354 e. The Morgan fingerprint density at radius 2 is 1.94 bits per heavy atom. The number of aromatic nitrogens is 3. The van der Waals surface area contributed by atoms with Gasteiger partial charge in [0.1, 0.15) is 10.7 Å². The van der Waals surface area contributed by atoms with Crippen LogP contribution in [0.1, 0.15) is 16.8 Å². The van der Waals surface area contributed by atoms with E-state index in [1.165, 1.54) is 12.1 Å². The summed E-state index contributed by atoms with van der Waals surface area (Å²) in [6.45, 7) is 5.37. The van der Waals surface area contributed by atoms with E-state index in [2.05, 4.69) is 26.3 Å². The van der Waals surface area contributed by atoms with Crippen LogP contribution < -0.4 is 9.44 Å². The van der Waals surface area contributed by atoms with Gasteiger partial charge in [-0.15, -0.1) is 0 Å². The second-order valence-corrected chi connectivity index (χ2v) is 10.8. The maximum atomic E-state index is 14.0. The molecule has 4 rings (SSSR count). The van der Waals surface area contributed by atoms with Crippen LogP contribution >= 0.6 is 0 Å². The highest BCUT2D eigenvalue weighted by molar-refractivity contribution is 7.92. The third-order valence-corrected chi connectivity index (χ3v) is 7.26. The Kier molecular flexibility index (Phi) is 6.25. The van der Waals surface area contributed by atoms with Gasteiger partial charge >= 0.3 is 0 Å². The zero-order valence-corrected chi connectivity index (χ0v) is 19.5. The zero-order chi connectivity index (χ0) is 24.5. The zero-order valence-electron chi connectivity index (χ0n) is 17.9. The molecule has 13 heteroatoms.